The van der Waals surface area contributed by atoms with E-state index in [0.29, 0.717) is 10.2 Å². The molecule has 2 heterocycles. The van der Waals surface area contributed by atoms with Gasteiger partial charge in [0.15, 0.2) is 16.7 Å². The zero-order chi connectivity index (χ0) is 21.5. The van der Waals surface area contributed by atoms with Crippen molar-refractivity contribution in [3.63, 3.8) is 0 Å². The lowest BCUT2D eigenvalue weighted by Gasteiger charge is -2.18. The van der Waals surface area contributed by atoms with Crippen LogP contribution in [0.1, 0.15) is 11.6 Å². The minimum absolute atomic E-state index is 0.0900. The Balaban J connectivity index is 1.92. The highest BCUT2D eigenvalue weighted by molar-refractivity contribution is 9.10. The van der Waals surface area contributed by atoms with Crippen LogP contribution >= 0.6 is 27.5 Å². The first-order chi connectivity index (χ1) is 13.5. The molecule has 13 heteroatoms. The number of likely N-dealkylation sites (tertiary alicyclic amines) is 1. The third kappa shape index (κ3) is 4.32. The number of hydrogen-bond acceptors (Lipinski definition) is 4. The standard InChI is InChI=1S/C16H12BrClF4N4O3/c1-26-5-6(11-10(17)13(18)25-24-11)9(15(26)28)14(27)23-8-4-2-3-7(19)12(8)29-16(20,21)22/h2-4,6,9H,5H2,1H3,(H,23,27)(H,24,25)/t6-,9-/m0/s1. The van der Waals surface area contributed by atoms with Gasteiger partial charge >= 0.3 is 6.36 Å². The molecule has 2 atom stereocenters. The van der Waals surface area contributed by atoms with Gasteiger partial charge < -0.3 is 15.0 Å². The number of carbonyl (C=O) groups excluding carboxylic acids is 2. The molecule has 0 unspecified atom stereocenters. The predicted octanol–water partition coefficient (Wildman–Crippen LogP) is 3.67. The molecular weight excluding hydrogens is 488 g/mol. The second-order valence-electron chi connectivity index (χ2n) is 6.20. The summed E-state index contributed by atoms with van der Waals surface area (Å²) in [6, 6.07) is 2.88. The molecule has 1 aliphatic heterocycles. The number of nitrogens with zero attached hydrogens (tertiary/aromatic N) is 2. The van der Waals surface area contributed by atoms with E-state index in [-0.39, 0.29) is 11.7 Å². The highest BCUT2D eigenvalue weighted by atomic mass is 79.9. The molecule has 0 saturated carbocycles. The Morgan fingerprint density at radius 2 is 2.14 bits per heavy atom. The number of rotatable bonds is 4. The Kier molecular flexibility index (Phi) is 5.77. The topological polar surface area (TPSA) is 87.3 Å². The number of ether oxygens (including phenoxy) is 1. The zero-order valence-corrected chi connectivity index (χ0v) is 16.8. The van der Waals surface area contributed by atoms with E-state index in [0.717, 1.165) is 18.2 Å². The molecule has 0 bridgehead atoms. The number of hydrogen-bond donors (Lipinski definition) is 2. The van der Waals surface area contributed by atoms with Crippen molar-refractivity contribution in [3.05, 3.63) is 39.3 Å². The number of halogens is 6. The van der Waals surface area contributed by atoms with E-state index in [1.54, 1.807) is 0 Å². The molecule has 0 spiro atoms. The minimum atomic E-state index is -5.18. The van der Waals surface area contributed by atoms with Crippen LogP contribution in [0.3, 0.4) is 0 Å². The van der Waals surface area contributed by atoms with Crippen LogP contribution < -0.4 is 10.1 Å². The monoisotopic (exact) mass is 498 g/mol. The number of benzene rings is 1. The first-order valence-corrected chi connectivity index (χ1v) is 9.16. The largest absolute Gasteiger partial charge is 0.573 e. The summed E-state index contributed by atoms with van der Waals surface area (Å²) in [5.41, 5.74) is -0.186. The number of para-hydroxylation sites is 1. The molecule has 1 aliphatic rings. The van der Waals surface area contributed by atoms with E-state index in [2.05, 4.69) is 36.2 Å². The highest BCUT2D eigenvalue weighted by Crippen LogP contribution is 2.39. The van der Waals surface area contributed by atoms with Gasteiger partial charge in [-0.15, -0.1) is 13.2 Å². The van der Waals surface area contributed by atoms with E-state index in [9.17, 15) is 27.2 Å². The van der Waals surface area contributed by atoms with Crippen LogP contribution in [0.4, 0.5) is 23.2 Å². The second kappa shape index (κ2) is 7.82. The lowest BCUT2D eigenvalue weighted by molar-refractivity contribution is -0.275. The highest BCUT2D eigenvalue weighted by Gasteiger charge is 2.46. The smallest absolute Gasteiger partial charge is 0.400 e. The maximum absolute atomic E-state index is 13.9. The van der Waals surface area contributed by atoms with Gasteiger partial charge in [0.2, 0.25) is 11.8 Å². The van der Waals surface area contributed by atoms with Crippen molar-refractivity contribution in [1.82, 2.24) is 15.1 Å². The molecule has 29 heavy (non-hydrogen) atoms. The molecule has 2 aromatic rings. The van der Waals surface area contributed by atoms with Gasteiger partial charge in [-0.3, -0.25) is 14.7 Å². The molecule has 0 aliphatic carbocycles. The summed E-state index contributed by atoms with van der Waals surface area (Å²) in [6.45, 7) is 0.128. The van der Waals surface area contributed by atoms with Gasteiger partial charge in [0.25, 0.3) is 0 Å². The van der Waals surface area contributed by atoms with Crippen LogP contribution in [0.2, 0.25) is 5.15 Å². The third-order valence-corrected chi connectivity index (χ3v) is 5.61. The van der Waals surface area contributed by atoms with E-state index in [1.165, 1.54) is 11.9 Å². The van der Waals surface area contributed by atoms with E-state index < -0.39 is 47.3 Å². The summed E-state index contributed by atoms with van der Waals surface area (Å²) in [7, 11) is 1.47. The molecule has 3 rings (SSSR count). The maximum atomic E-state index is 13.9. The van der Waals surface area contributed by atoms with E-state index >= 15 is 0 Å². The van der Waals surface area contributed by atoms with Gasteiger partial charge in [0, 0.05) is 19.5 Å². The van der Waals surface area contributed by atoms with Crippen LogP contribution in [0, 0.1) is 11.7 Å². The number of amides is 2. The molecule has 1 fully saturated rings. The van der Waals surface area contributed by atoms with Crippen molar-refractivity contribution in [2.45, 2.75) is 12.3 Å². The quantitative estimate of drug-likeness (QED) is 0.496. The fraction of sp³-hybridized carbons (Fsp3) is 0.312. The zero-order valence-electron chi connectivity index (χ0n) is 14.5. The first-order valence-electron chi connectivity index (χ1n) is 7.99. The Hall–Kier alpha value is -2.34. The van der Waals surface area contributed by atoms with Gasteiger partial charge in [0.1, 0.15) is 5.92 Å². The Morgan fingerprint density at radius 3 is 2.72 bits per heavy atom. The molecule has 156 valence electrons. The molecule has 1 aromatic heterocycles. The van der Waals surface area contributed by atoms with Crippen molar-refractivity contribution in [1.29, 1.82) is 0 Å². The Bertz CT molecular complexity index is 968. The molecule has 2 N–H and O–H groups in total. The normalized spacial score (nSPS) is 19.6. The van der Waals surface area contributed by atoms with E-state index in [4.69, 9.17) is 11.6 Å². The van der Waals surface area contributed by atoms with Crippen LogP contribution in [0.25, 0.3) is 0 Å². The Morgan fingerprint density at radius 1 is 1.45 bits per heavy atom. The summed E-state index contributed by atoms with van der Waals surface area (Å²) < 4.78 is 55.7. The number of carbonyl (C=O) groups is 2. The van der Waals surface area contributed by atoms with Gasteiger partial charge in [-0.1, -0.05) is 17.7 Å². The van der Waals surface area contributed by atoms with Crippen LogP contribution in [0.5, 0.6) is 5.75 Å². The van der Waals surface area contributed by atoms with Gasteiger partial charge in [-0.25, -0.2) is 4.39 Å². The summed E-state index contributed by atoms with van der Waals surface area (Å²) in [5.74, 6) is -6.05. The van der Waals surface area contributed by atoms with Gasteiger partial charge in [0.05, 0.1) is 15.9 Å². The molecule has 7 nitrogen and oxygen atoms in total. The lowest BCUT2D eigenvalue weighted by atomic mass is 9.91. The number of aromatic amines is 1. The second-order valence-corrected chi connectivity index (χ2v) is 7.35. The maximum Gasteiger partial charge on any atom is 0.573 e. The lowest BCUT2D eigenvalue weighted by Crippen LogP contribution is -2.33. The van der Waals surface area contributed by atoms with Gasteiger partial charge in [-0.2, -0.15) is 5.10 Å². The molecule has 1 saturated heterocycles. The number of anilines is 1. The van der Waals surface area contributed by atoms with Crippen molar-refractivity contribution < 1.29 is 31.9 Å². The van der Waals surface area contributed by atoms with Crippen LogP contribution in [-0.2, 0) is 9.59 Å². The fourth-order valence-electron chi connectivity index (χ4n) is 3.05. The van der Waals surface area contributed by atoms with Crippen molar-refractivity contribution in [2.75, 3.05) is 18.9 Å². The predicted molar refractivity (Wildman–Crippen MR) is 96.9 cm³/mol. The van der Waals surface area contributed by atoms with Crippen LogP contribution in [0.15, 0.2) is 22.7 Å². The van der Waals surface area contributed by atoms with Crippen molar-refractivity contribution in [3.8, 4) is 5.75 Å². The molecule has 0 radical (unpaired) electrons. The Labute approximate surface area is 174 Å². The van der Waals surface area contributed by atoms with E-state index in [1.807, 2.05) is 0 Å². The fourth-order valence-corrected chi connectivity index (χ4v) is 3.67. The SMILES string of the molecule is CN1C[C@H](c2[nH]nc(Cl)c2Br)[C@@H](C(=O)Nc2cccc(F)c2OC(F)(F)F)C1=O. The summed E-state index contributed by atoms with van der Waals surface area (Å²) in [4.78, 5) is 26.6. The summed E-state index contributed by atoms with van der Waals surface area (Å²) in [6.07, 6.45) is -5.18. The summed E-state index contributed by atoms with van der Waals surface area (Å²) in [5, 5.41) is 8.68. The molecule has 1 aromatic carbocycles. The molecule has 2 amide bonds. The van der Waals surface area contributed by atoms with Crippen LogP contribution in [-0.4, -0.2) is 46.9 Å². The average Bonchev–Trinajstić information content (AvgIpc) is 3.09. The molecular formula is C16H12BrClF4N4O3. The van der Waals surface area contributed by atoms with Gasteiger partial charge in [-0.05, 0) is 28.1 Å². The minimum Gasteiger partial charge on any atom is -0.400 e. The number of nitrogens with one attached hydrogen (secondary N) is 2. The summed E-state index contributed by atoms with van der Waals surface area (Å²) >= 11 is 9.10. The number of H-pyrrole nitrogens is 1. The first kappa shape index (κ1) is 21.4. The third-order valence-electron chi connectivity index (χ3n) is 4.30. The average molecular weight is 500 g/mol. The van der Waals surface area contributed by atoms with Crippen molar-refractivity contribution in [2.24, 2.45) is 5.92 Å². The number of likely N-dealkylation sites (N-methyl/N-ethyl adjacent to an activating group) is 1. The number of alkyl halides is 3. The number of aromatic nitrogens is 2. The van der Waals surface area contributed by atoms with Crippen molar-refractivity contribution >= 4 is 45.0 Å².